The monoisotopic (exact) mass is 388 g/mol. The zero-order chi connectivity index (χ0) is 19.6. The van der Waals surface area contributed by atoms with Crippen LogP contribution in [0.25, 0.3) is 17.1 Å². The molecule has 0 bridgehead atoms. The van der Waals surface area contributed by atoms with E-state index in [1.54, 1.807) is 0 Å². The van der Waals surface area contributed by atoms with Gasteiger partial charge >= 0.3 is 0 Å². The molecule has 0 unspecified atom stereocenters. The maximum absolute atomic E-state index is 5.89. The van der Waals surface area contributed by atoms with Gasteiger partial charge in [-0.3, -0.25) is 9.80 Å². The zero-order valence-electron chi connectivity index (χ0n) is 16.5. The highest BCUT2D eigenvalue weighted by Gasteiger charge is 2.20. The van der Waals surface area contributed by atoms with Crippen molar-refractivity contribution in [2.45, 2.75) is 20.0 Å². The van der Waals surface area contributed by atoms with Gasteiger partial charge in [-0.1, -0.05) is 23.8 Å². The van der Waals surface area contributed by atoms with Gasteiger partial charge in [0.2, 0.25) is 11.8 Å². The topological polar surface area (TPSA) is 62.7 Å². The molecule has 0 amide bonds. The maximum Gasteiger partial charge on any atom is 0.247 e. The molecule has 5 rings (SSSR count). The molecule has 0 radical (unpaired) electrons. The first-order chi connectivity index (χ1) is 14.2. The molecule has 0 spiro atoms. The fourth-order valence-corrected chi connectivity index (χ4v) is 3.80. The van der Waals surface area contributed by atoms with Crippen LogP contribution in [0.2, 0.25) is 0 Å². The van der Waals surface area contributed by atoms with Gasteiger partial charge in [0.25, 0.3) is 0 Å². The Balaban J connectivity index is 1.16. The quantitative estimate of drug-likeness (QED) is 0.524. The Labute approximate surface area is 169 Å². The van der Waals surface area contributed by atoms with E-state index in [2.05, 4.69) is 49.7 Å². The molecule has 1 aliphatic rings. The number of fused-ring (bicyclic) bond motifs is 1. The lowest BCUT2D eigenvalue weighted by molar-refractivity contribution is 0.114. The predicted molar refractivity (Wildman–Crippen MR) is 110 cm³/mol. The van der Waals surface area contributed by atoms with Crippen LogP contribution in [0.4, 0.5) is 0 Å². The van der Waals surface area contributed by atoms with Crippen LogP contribution in [0.3, 0.4) is 0 Å². The second-order valence-electron chi connectivity index (χ2n) is 7.62. The van der Waals surface area contributed by atoms with Crippen molar-refractivity contribution in [3.8, 4) is 11.5 Å². The Bertz CT molecular complexity index is 1080. The molecule has 1 aliphatic heterocycles. The first-order valence-electron chi connectivity index (χ1n) is 10.00. The van der Waals surface area contributed by atoms with Crippen molar-refractivity contribution in [2.24, 2.45) is 0 Å². The van der Waals surface area contributed by atoms with Gasteiger partial charge in [-0.2, -0.15) is 0 Å². The summed E-state index contributed by atoms with van der Waals surface area (Å²) in [7, 11) is 0. The van der Waals surface area contributed by atoms with Crippen molar-refractivity contribution in [1.82, 2.24) is 29.4 Å². The van der Waals surface area contributed by atoms with Crippen molar-refractivity contribution in [2.75, 3.05) is 26.2 Å². The Morgan fingerprint density at radius 3 is 2.55 bits per heavy atom. The van der Waals surface area contributed by atoms with E-state index < -0.39 is 0 Å². The minimum Gasteiger partial charge on any atom is -0.419 e. The number of benzene rings is 1. The minimum atomic E-state index is 0.592. The largest absolute Gasteiger partial charge is 0.419 e. The summed E-state index contributed by atoms with van der Waals surface area (Å²) in [5.41, 5.74) is 4.27. The van der Waals surface area contributed by atoms with E-state index in [4.69, 9.17) is 9.40 Å². The van der Waals surface area contributed by atoms with Gasteiger partial charge in [0, 0.05) is 50.7 Å². The van der Waals surface area contributed by atoms with E-state index in [1.807, 2.05) is 36.5 Å². The molecule has 3 aromatic heterocycles. The number of hydrogen-bond acceptors (Lipinski definition) is 6. The number of nitrogens with zero attached hydrogens (tertiary/aromatic N) is 6. The highest BCUT2D eigenvalue weighted by Crippen LogP contribution is 2.20. The van der Waals surface area contributed by atoms with Crippen molar-refractivity contribution in [3.05, 3.63) is 72.0 Å². The van der Waals surface area contributed by atoms with Crippen LogP contribution < -0.4 is 0 Å². The molecule has 1 saturated heterocycles. The average Bonchev–Trinajstić information content (AvgIpc) is 3.36. The summed E-state index contributed by atoms with van der Waals surface area (Å²) in [6.07, 6.45) is 4.16. The highest BCUT2D eigenvalue weighted by molar-refractivity contribution is 5.53. The summed E-state index contributed by atoms with van der Waals surface area (Å²) >= 11 is 0. The molecule has 7 nitrogen and oxygen atoms in total. The predicted octanol–water partition coefficient (Wildman–Crippen LogP) is 3.01. The number of hydrogen-bond donors (Lipinski definition) is 0. The Morgan fingerprint density at radius 2 is 1.76 bits per heavy atom. The molecule has 7 heteroatoms. The van der Waals surface area contributed by atoms with Gasteiger partial charge in [0.1, 0.15) is 5.65 Å². The molecular weight excluding hydrogens is 364 g/mol. The van der Waals surface area contributed by atoms with Gasteiger partial charge in [0.15, 0.2) is 0 Å². The number of imidazole rings is 1. The van der Waals surface area contributed by atoms with Crippen LogP contribution in [0.1, 0.15) is 17.1 Å². The van der Waals surface area contributed by atoms with Crippen LogP contribution in [0, 0.1) is 6.92 Å². The number of piperazine rings is 1. The lowest BCUT2D eigenvalue weighted by Gasteiger charge is -2.33. The maximum atomic E-state index is 5.89. The molecule has 148 valence electrons. The molecule has 1 aromatic carbocycles. The molecule has 4 aromatic rings. The fourth-order valence-electron chi connectivity index (χ4n) is 3.80. The highest BCUT2D eigenvalue weighted by atomic mass is 16.4. The van der Waals surface area contributed by atoms with Crippen molar-refractivity contribution >= 4 is 5.65 Å². The molecule has 0 N–H and O–H groups in total. The first-order valence-corrected chi connectivity index (χ1v) is 10.00. The van der Waals surface area contributed by atoms with Crippen LogP contribution in [0.5, 0.6) is 0 Å². The summed E-state index contributed by atoms with van der Waals surface area (Å²) in [5.74, 6) is 1.27. The van der Waals surface area contributed by atoms with E-state index in [-0.39, 0.29) is 0 Å². The fraction of sp³-hybridized carbons (Fsp3) is 0.318. The van der Waals surface area contributed by atoms with Crippen LogP contribution in [-0.4, -0.2) is 55.6 Å². The molecule has 0 aliphatic carbocycles. The molecule has 4 heterocycles. The third-order valence-corrected chi connectivity index (χ3v) is 5.36. The van der Waals surface area contributed by atoms with Crippen LogP contribution in [0.15, 0.2) is 59.3 Å². The SMILES string of the molecule is Cc1cccc(-c2nnc(CN3CCN(Cc4cn5ccccc5n4)CC3)o2)c1. The average molecular weight is 388 g/mol. The van der Waals surface area contributed by atoms with Gasteiger partial charge in [-0.15, -0.1) is 10.2 Å². The normalized spacial score (nSPS) is 15.9. The standard InChI is InChI=1S/C22H24N6O/c1-17-5-4-6-18(13-17)22-25-24-21(29-22)16-27-11-9-26(10-12-27)14-19-15-28-8-3-2-7-20(28)23-19/h2-8,13,15H,9-12,14,16H2,1H3. The lowest BCUT2D eigenvalue weighted by atomic mass is 10.1. The molecule has 1 fully saturated rings. The number of pyridine rings is 1. The van der Waals surface area contributed by atoms with Crippen molar-refractivity contribution in [3.63, 3.8) is 0 Å². The van der Waals surface area contributed by atoms with Gasteiger partial charge in [0.05, 0.1) is 12.2 Å². The minimum absolute atomic E-state index is 0.592. The molecular formula is C22H24N6O. The second kappa shape index (κ2) is 7.77. The Hall–Kier alpha value is -3.03. The lowest BCUT2D eigenvalue weighted by Crippen LogP contribution is -2.45. The van der Waals surface area contributed by atoms with E-state index >= 15 is 0 Å². The smallest absolute Gasteiger partial charge is 0.247 e. The number of aryl methyl sites for hydroxylation is 1. The molecule has 29 heavy (non-hydrogen) atoms. The van der Waals surface area contributed by atoms with Crippen LogP contribution in [-0.2, 0) is 13.1 Å². The third kappa shape index (κ3) is 4.06. The van der Waals surface area contributed by atoms with Gasteiger partial charge in [-0.05, 0) is 31.2 Å². The van der Waals surface area contributed by atoms with E-state index in [1.165, 1.54) is 5.56 Å². The van der Waals surface area contributed by atoms with E-state index in [0.717, 1.165) is 49.6 Å². The van der Waals surface area contributed by atoms with E-state index in [0.29, 0.717) is 18.3 Å². The Kier molecular flexibility index (Phi) is 4.83. The second-order valence-corrected chi connectivity index (χ2v) is 7.62. The number of rotatable bonds is 5. The zero-order valence-corrected chi connectivity index (χ0v) is 16.5. The number of aromatic nitrogens is 4. The summed E-state index contributed by atoms with van der Waals surface area (Å²) in [5, 5.41) is 8.46. The van der Waals surface area contributed by atoms with Crippen molar-refractivity contribution in [1.29, 1.82) is 0 Å². The summed E-state index contributed by atoms with van der Waals surface area (Å²) in [4.78, 5) is 9.52. The molecule has 0 atom stereocenters. The third-order valence-electron chi connectivity index (χ3n) is 5.36. The van der Waals surface area contributed by atoms with Crippen molar-refractivity contribution < 1.29 is 4.42 Å². The summed E-state index contributed by atoms with van der Waals surface area (Å²) < 4.78 is 7.97. The molecule has 0 saturated carbocycles. The Morgan fingerprint density at radius 1 is 0.931 bits per heavy atom. The van der Waals surface area contributed by atoms with Crippen LogP contribution >= 0.6 is 0 Å². The van der Waals surface area contributed by atoms with Gasteiger partial charge in [-0.25, -0.2) is 4.98 Å². The van der Waals surface area contributed by atoms with Gasteiger partial charge < -0.3 is 8.82 Å². The summed E-state index contributed by atoms with van der Waals surface area (Å²) in [6, 6.07) is 14.2. The summed E-state index contributed by atoms with van der Waals surface area (Å²) in [6.45, 7) is 7.62. The van der Waals surface area contributed by atoms with E-state index in [9.17, 15) is 0 Å². The first kappa shape index (κ1) is 18.0.